The normalized spacial score (nSPS) is 20.9. The number of aromatic nitrogens is 1. The van der Waals surface area contributed by atoms with Crippen LogP contribution in [0.25, 0.3) is 0 Å². The van der Waals surface area contributed by atoms with Crippen LogP contribution in [0.2, 0.25) is 0 Å². The molecule has 2 fully saturated rings. The van der Waals surface area contributed by atoms with E-state index < -0.39 is 12.1 Å². The highest BCUT2D eigenvalue weighted by Crippen LogP contribution is 2.38. The summed E-state index contributed by atoms with van der Waals surface area (Å²) in [6.07, 6.45) is -2.78. The second kappa shape index (κ2) is 9.74. The van der Waals surface area contributed by atoms with Gasteiger partial charge in [-0.1, -0.05) is 6.07 Å². The first kappa shape index (κ1) is 24.1. The molecule has 1 aromatic heterocycles. The van der Waals surface area contributed by atoms with Gasteiger partial charge in [0.15, 0.2) is 0 Å². The number of halogens is 3. The third-order valence-corrected chi connectivity index (χ3v) is 5.52. The number of piperidine rings is 1. The number of hydrogen-bond donors (Lipinski definition) is 1. The summed E-state index contributed by atoms with van der Waals surface area (Å²) in [5, 5.41) is 7.12. The topological polar surface area (TPSA) is 83.0 Å². The molecule has 0 saturated carbocycles. The molecule has 1 N–H and O–H groups in total. The summed E-state index contributed by atoms with van der Waals surface area (Å²) in [7, 11) is 2.18. The number of likely N-dealkylation sites (tertiary alicyclic amines) is 2. The minimum Gasteiger partial charge on any atom is -0.475 e. The van der Waals surface area contributed by atoms with E-state index in [2.05, 4.69) is 16.9 Å². The van der Waals surface area contributed by atoms with Gasteiger partial charge in [0.05, 0.1) is 5.54 Å². The molecule has 3 heterocycles. The Hall–Kier alpha value is -2.20. The van der Waals surface area contributed by atoms with Gasteiger partial charge in [0, 0.05) is 32.0 Å². The number of hydrogen-bond acceptors (Lipinski definition) is 5. The van der Waals surface area contributed by atoms with Crippen LogP contribution in [-0.2, 0) is 9.53 Å². The van der Waals surface area contributed by atoms with E-state index in [0.717, 1.165) is 45.0 Å². The molecule has 1 aromatic rings. The van der Waals surface area contributed by atoms with Crippen LogP contribution in [0.3, 0.4) is 0 Å². The molecule has 0 bridgehead atoms. The number of carbonyl (C=O) groups excluding carboxylic acids is 1. The molecule has 0 aliphatic carbocycles. The zero-order valence-corrected chi connectivity index (χ0v) is 17.4. The van der Waals surface area contributed by atoms with Gasteiger partial charge in [-0.15, -0.1) is 0 Å². The molecule has 168 valence electrons. The number of nitrogens with zero attached hydrogens (tertiary/aromatic N) is 3. The Kier molecular flexibility index (Phi) is 7.81. The summed E-state index contributed by atoms with van der Waals surface area (Å²) in [6.45, 7) is 8.29. The molecule has 2 aliphatic rings. The van der Waals surface area contributed by atoms with Gasteiger partial charge in [-0.25, -0.2) is 9.78 Å². The summed E-state index contributed by atoms with van der Waals surface area (Å²) in [5.74, 6) is -2.09. The van der Waals surface area contributed by atoms with Gasteiger partial charge in [0.1, 0.15) is 5.69 Å². The highest BCUT2D eigenvalue weighted by Gasteiger charge is 2.51. The van der Waals surface area contributed by atoms with E-state index in [9.17, 15) is 18.0 Å². The Morgan fingerprint density at radius 3 is 2.50 bits per heavy atom. The number of carboxylic acids is 1. The lowest BCUT2D eigenvalue weighted by Crippen LogP contribution is -2.72. The van der Waals surface area contributed by atoms with Gasteiger partial charge < -0.3 is 14.7 Å². The van der Waals surface area contributed by atoms with Crippen LogP contribution in [0.4, 0.5) is 13.2 Å². The average Bonchev–Trinajstić information content (AvgIpc) is 2.65. The van der Waals surface area contributed by atoms with Gasteiger partial charge >= 0.3 is 12.1 Å². The Morgan fingerprint density at radius 1 is 1.33 bits per heavy atom. The predicted octanol–water partition coefficient (Wildman–Crippen LogP) is 2.60. The number of amides is 1. The van der Waals surface area contributed by atoms with E-state index >= 15 is 0 Å². The molecular weight excluding hydrogens is 403 g/mol. The summed E-state index contributed by atoms with van der Waals surface area (Å²) >= 11 is 0. The van der Waals surface area contributed by atoms with Crippen molar-refractivity contribution in [3.05, 3.63) is 29.6 Å². The number of pyridine rings is 1. The number of likely N-dealkylation sites (N-methyl/N-ethyl adjacent to an activating group) is 1. The van der Waals surface area contributed by atoms with E-state index in [-0.39, 0.29) is 11.4 Å². The van der Waals surface area contributed by atoms with Crippen molar-refractivity contribution in [1.82, 2.24) is 14.8 Å². The molecule has 10 heteroatoms. The number of rotatable bonds is 4. The lowest BCUT2D eigenvalue weighted by molar-refractivity contribution is -0.192. The standard InChI is InChI=1S/C18H27N3O2.C2HF3O2/c1-4-23-11-15-8-9-20(3)18(10-15)12-21(13-18)17(22)16-7-5-6-14(2)19-16;3-2(4,5)1(6)7/h5-7,15H,4,8-13H2,1-3H3;(H,6,7). The fourth-order valence-electron chi connectivity index (χ4n) is 3.84. The Balaban J connectivity index is 0.000000396. The van der Waals surface area contributed by atoms with Crippen LogP contribution < -0.4 is 0 Å². The molecule has 0 aromatic carbocycles. The maximum Gasteiger partial charge on any atom is 0.490 e. The summed E-state index contributed by atoms with van der Waals surface area (Å²) in [6, 6.07) is 5.63. The first-order valence-corrected chi connectivity index (χ1v) is 9.80. The molecule has 2 saturated heterocycles. The quantitative estimate of drug-likeness (QED) is 0.789. The monoisotopic (exact) mass is 431 g/mol. The molecule has 1 atom stereocenters. The summed E-state index contributed by atoms with van der Waals surface area (Å²) in [5.41, 5.74) is 1.58. The number of aliphatic carboxylic acids is 1. The number of carboxylic acid groups (broad SMARTS) is 1. The predicted molar refractivity (Wildman–Crippen MR) is 103 cm³/mol. The van der Waals surface area contributed by atoms with Gasteiger partial charge in [-0.2, -0.15) is 13.2 Å². The molecule has 1 unspecified atom stereocenters. The molecule has 0 radical (unpaired) electrons. The third-order valence-electron chi connectivity index (χ3n) is 5.52. The van der Waals surface area contributed by atoms with E-state index in [0.29, 0.717) is 11.6 Å². The van der Waals surface area contributed by atoms with Crippen LogP contribution in [0.5, 0.6) is 0 Å². The van der Waals surface area contributed by atoms with Gasteiger partial charge in [-0.05, 0) is 58.3 Å². The van der Waals surface area contributed by atoms with Crippen molar-refractivity contribution in [3.8, 4) is 0 Å². The Morgan fingerprint density at radius 2 is 1.97 bits per heavy atom. The smallest absolute Gasteiger partial charge is 0.475 e. The maximum absolute atomic E-state index is 12.6. The zero-order chi connectivity index (χ0) is 22.5. The average molecular weight is 431 g/mol. The number of carbonyl (C=O) groups is 2. The van der Waals surface area contributed by atoms with Gasteiger partial charge in [-0.3, -0.25) is 9.69 Å². The molecule has 2 aliphatic heterocycles. The number of aryl methyl sites for hydroxylation is 1. The van der Waals surface area contributed by atoms with E-state index in [1.807, 2.05) is 36.9 Å². The van der Waals surface area contributed by atoms with Crippen LogP contribution >= 0.6 is 0 Å². The second-order valence-corrected chi connectivity index (χ2v) is 7.79. The molecule has 7 nitrogen and oxygen atoms in total. The minimum atomic E-state index is -5.08. The molecule has 30 heavy (non-hydrogen) atoms. The van der Waals surface area contributed by atoms with Crippen molar-refractivity contribution < 1.29 is 32.6 Å². The van der Waals surface area contributed by atoms with Crippen molar-refractivity contribution in [2.24, 2.45) is 5.92 Å². The summed E-state index contributed by atoms with van der Waals surface area (Å²) in [4.78, 5) is 30.2. The molecule has 1 spiro atoms. The SMILES string of the molecule is CCOCC1CCN(C)C2(C1)CN(C(=O)c1cccc(C)n1)C2.O=C(O)C(F)(F)F. The van der Waals surface area contributed by atoms with E-state index in [4.69, 9.17) is 14.6 Å². The second-order valence-electron chi connectivity index (χ2n) is 7.79. The summed E-state index contributed by atoms with van der Waals surface area (Å²) < 4.78 is 37.4. The fourth-order valence-corrected chi connectivity index (χ4v) is 3.84. The fraction of sp³-hybridized carbons (Fsp3) is 0.650. The first-order valence-electron chi connectivity index (χ1n) is 9.80. The van der Waals surface area contributed by atoms with Crippen molar-refractivity contribution in [1.29, 1.82) is 0 Å². The minimum absolute atomic E-state index is 0.0552. The Labute approximate surface area is 173 Å². The van der Waals surface area contributed by atoms with Crippen LogP contribution in [-0.4, -0.2) is 83.4 Å². The van der Waals surface area contributed by atoms with Crippen LogP contribution in [0.15, 0.2) is 18.2 Å². The molecule has 1 amide bonds. The van der Waals surface area contributed by atoms with Crippen molar-refractivity contribution in [2.75, 3.05) is 39.9 Å². The Bertz CT molecular complexity index is 749. The van der Waals surface area contributed by atoms with Crippen molar-refractivity contribution >= 4 is 11.9 Å². The largest absolute Gasteiger partial charge is 0.490 e. The lowest BCUT2D eigenvalue weighted by atomic mass is 9.75. The highest BCUT2D eigenvalue weighted by molar-refractivity contribution is 5.93. The van der Waals surface area contributed by atoms with E-state index in [1.165, 1.54) is 6.42 Å². The molecule has 3 rings (SSSR count). The van der Waals surface area contributed by atoms with Crippen molar-refractivity contribution in [2.45, 2.75) is 38.4 Å². The van der Waals surface area contributed by atoms with Crippen molar-refractivity contribution in [3.63, 3.8) is 0 Å². The highest BCUT2D eigenvalue weighted by atomic mass is 19.4. The van der Waals surface area contributed by atoms with Gasteiger partial charge in [0.2, 0.25) is 0 Å². The van der Waals surface area contributed by atoms with Crippen LogP contribution in [0, 0.1) is 12.8 Å². The zero-order valence-electron chi connectivity index (χ0n) is 17.4. The third kappa shape index (κ3) is 5.91. The first-order chi connectivity index (χ1) is 14.0. The molecular formula is C20H28F3N3O4. The maximum atomic E-state index is 12.6. The van der Waals surface area contributed by atoms with Crippen LogP contribution in [0.1, 0.15) is 35.9 Å². The number of alkyl halides is 3. The van der Waals surface area contributed by atoms with Gasteiger partial charge in [0.25, 0.3) is 5.91 Å². The number of ether oxygens (including phenoxy) is 1. The van der Waals surface area contributed by atoms with E-state index in [1.54, 1.807) is 0 Å². The lowest BCUT2D eigenvalue weighted by Gasteiger charge is -2.58.